The summed E-state index contributed by atoms with van der Waals surface area (Å²) in [5, 5.41) is 12.4. The largest absolute Gasteiger partial charge is 0.383 e. The van der Waals surface area contributed by atoms with E-state index in [0.29, 0.717) is 5.71 Å². The number of rotatable bonds is 0. The van der Waals surface area contributed by atoms with Crippen LogP contribution in [-0.4, -0.2) is 16.9 Å². The molecule has 0 saturated carbocycles. The average molecular weight is 124 g/mol. The van der Waals surface area contributed by atoms with Crippen LogP contribution in [0.2, 0.25) is 0 Å². The number of hydrogen-bond donors (Lipinski definition) is 2. The second-order valence-corrected chi connectivity index (χ2v) is 1.74. The highest BCUT2D eigenvalue weighted by molar-refractivity contribution is 6.00. The topological polar surface area (TPSA) is 58.6 Å². The molecule has 1 unspecified atom stereocenters. The molecule has 0 heterocycles. The van der Waals surface area contributed by atoms with Crippen LogP contribution in [0.3, 0.4) is 0 Å². The quantitative estimate of drug-likeness (QED) is 0.346. The second kappa shape index (κ2) is 2.46. The third-order valence-electron chi connectivity index (χ3n) is 1.12. The van der Waals surface area contributed by atoms with E-state index in [0.717, 1.165) is 0 Å². The van der Waals surface area contributed by atoms with Crippen molar-refractivity contribution in [3.05, 3.63) is 24.3 Å². The first-order valence-electron chi connectivity index (χ1n) is 2.65. The number of hydrogen-bond acceptors (Lipinski definition) is 3. The van der Waals surface area contributed by atoms with Gasteiger partial charge in [-0.05, 0) is 6.08 Å². The van der Waals surface area contributed by atoms with Gasteiger partial charge in [0.1, 0.15) is 6.10 Å². The van der Waals surface area contributed by atoms with Gasteiger partial charge in [-0.25, -0.2) is 0 Å². The van der Waals surface area contributed by atoms with Crippen LogP contribution in [0.15, 0.2) is 29.4 Å². The molecule has 0 amide bonds. The molecule has 1 rings (SSSR count). The van der Waals surface area contributed by atoms with Crippen LogP contribution in [-0.2, 0) is 0 Å². The molecule has 0 aromatic rings. The van der Waals surface area contributed by atoms with Crippen molar-refractivity contribution < 1.29 is 5.11 Å². The van der Waals surface area contributed by atoms with Crippen LogP contribution >= 0.6 is 0 Å². The van der Waals surface area contributed by atoms with Gasteiger partial charge in [0.2, 0.25) is 0 Å². The molecule has 0 aromatic heterocycles. The molecular formula is C6H8N2O. The van der Waals surface area contributed by atoms with E-state index in [1.165, 1.54) is 0 Å². The molecule has 3 heteroatoms. The van der Waals surface area contributed by atoms with E-state index in [1.54, 1.807) is 24.3 Å². The van der Waals surface area contributed by atoms with Gasteiger partial charge >= 0.3 is 0 Å². The summed E-state index contributed by atoms with van der Waals surface area (Å²) in [4.78, 5) is 0. The maximum Gasteiger partial charge on any atom is 0.116 e. The monoisotopic (exact) mass is 124 g/mol. The lowest BCUT2D eigenvalue weighted by Crippen LogP contribution is -2.18. The predicted octanol–water partition coefficient (Wildman–Crippen LogP) is -0.212. The summed E-state index contributed by atoms with van der Waals surface area (Å²) >= 11 is 0. The van der Waals surface area contributed by atoms with Gasteiger partial charge in [-0.2, -0.15) is 5.10 Å². The standard InChI is InChI=1S/C6H8N2O/c7-8-5-3-1-2-4-6(5)9/h1-4,6,9H,7H2. The third kappa shape index (κ3) is 1.17. The van der Waals surface area contributed by atoms with Crippen LogP contribution in [0.5, 0.6) is 0 Å². The minimum atomic E-state index is -0.625. The molecule has 0 saturated heterocycles. The van der Waals surface area contributed by atoms with Crippen molar-refractivity contribution in [2.75, 3.05) is 0 Å². The first kappa shape index (κ1) is 6.04. The van der Waals surface area contributed by atoms with Crippen molar-refractivity contribution in [2.24, 2.45) is 10.9 Å². The van der Waals surface area contributed by atoms with Gasteiger partial charge in [0.15, 0.2) is 0 Å². The molecule has 48 valence electrons. The van der Waals surface area contributed by atoms with E-state index in [2.05, 4.69) is 5.10 Å². The summed E-state index contributed by atoms with van der Waals surface area (Å²) in [6.07, 6.45) is 6.19. The summed E-state index contributed by atoms with van der Waals surface area (Å²) in [6, 6.07) is 0. The number of aliphatic hydroxyl groups is 1. The van der Waals surface area contributed by atoms with E-state index in [1.807, 2.05) is 0 Å². The van der Waals surface area contributed by atoms with Crippen molar-refractivity contribution in [1.29, 1.82) is 0 Å². The lowest BCUT2D eigenvalue weighted by Gasteiger charge is -2.05. The van der Waals surface area contributed by atoms with Crippen LogP contribution in [0, 0.1) is 0 Å². The smallest absolute Gasteiger partial charge is 0.116 e. The average Bonchev–Trinajstić information content (AvgIpc) is 1.89. The lowest BCUT2D eigenvalue weighted by molar-refractivity contribution is 0.289. The van der Waals surface area contributed by atoms with Crippen LogP contribution < -0.4 is 5.84 Å². The van der Waals surface area contributed by atoms with Gasteiger partial charge in [-0.15, -0.1) is 0 Å². The Labute approximate surface area is 53.2 Å². The van der Waals surface area contributed by atoms with E-state index in [-0.39, 0.29) is 0 Å². The molecular weight excluding hydrogens is 116 g/mol. The van der Waals surface area contributed by atoms with Gasteiger partial charge < -0.3 is 10.9 Å². The van der Waals surface area contributed by atoms with Gasteiger partial charge in [0, 0.05) is 0 Å². The van der Waals surface area contributed by atoms with Crippen molar-refractivity contribution in [3.63, 3.8) is 0 Å². The molecule has 1 atom stereocenters. The Morgan fingerprint density at radius 2 is 2.33 bits per heavy atom. The van der Waals surface area contributed by atoms with Crippen molar-refractivity contribution in [3.8, 4) is 0 Å². The van der Waals surface area contributed by atoms with E-state index in [9.17, 15) is 0 Å². The number of aliphatic hydroxyl groups excluding tert-OH is 1. The number of nitrogens with zero attached hydrogens (tertiary/aromatic N) is 1. The highest BCUT2D eigenvalue weighted by atomic mass is 16.3. The summed E-state index contributed by atoms with van der Waals surface area (Å²) in [5.41, 5.74) is 0.498. The predicted molar refractivity (Wildman–Crippen MR) is 35.9 cm³/mol. The third-order valence-corrected chi connectivity index (χ3v) is 1.12. The Kier molecular flexibility index (Phi) is 1.65. The highest BCUT2D eigenvalue weighted by Crippen LogP contribution is 1.98. The second-order valence-electron chi connectivity index (χ2n) is 1.74. The maximum absolute atomic E-state index is 9.02. The lowest BCUT2D eigenvalue weighted by atomic mass is 10.1. The fourth-order valence-corrected chi connectivity index (χ4v) is 0.640. The Bertz CT molecular complexity index is 181. The van der Waals surface area contributed by atoms with E-state index >= 15 is 0 Å². The van der Waals surface area contributed by atoms with E-state index in [4.69, 9.17) is 10.9 Å². The fraction of sp³-hybridized carbons (Fsp3) is 0.167. The molecule has 0 fully saturated rings. The van der Waals surface area contributed by atoms with Crippen LogP contribution in [0.4, 0.5) is 0 Å². The summed E-state index contributed by atoms with van der Waals surface area (Å²) in [7, 11) is 0. The normalized spacial score (nSPS) is 29.4. The van der Waals surface area contributed by atoms with E-state index < -0.39 is 6.10 Å². The molecule has 3 N–H and O–H groups in total. The fourth-order valence-electron chi connectivity index (χ4n) is 0.640. The van der Waals surface area contributed by atoms with Crippen molar-refractivity contribution >= 4 is 5.71 Å². The molecule has 1 aliphatic rings. The molecule has 1 aliphatic carbocycles. The molecule has 0 radical (unpaired) electrons. The maximum atomic E-state index is 9.02. The zero-order valence-corrected chi connectivity index (χ0v) is 4.86. The minimum absolute atomic E-state index is 0.498. The summed E-state index contributed by atoms with van der Waals surface area (Å²) < 4.78 is 0. The Morgan fingerprint density at radius 1 is 1.56 bits per heavy atom. The van der Waals surface area contributed by atoms with Crippen molar-refractivity contribution in [2.45, 2.75) is 6.10 Å². The highest BCUT2D eigenvalue weighted by Gasteiger charge is 2.06. The molecule has 0 aliphatic heterocycles. The number of allylic oxidation sites excluding steroid dienone is 2. The van der Waals surface area contributed by atoms with Crippen LogP contribution in [0.25, 0.3) is 0 Å². The van der Waals surface area contributed by atoms with Gasteiger partial charge in [0.05, 0.1) is 5.71 Å². The van der Waals surface area contributed by atoms with Crippen molar-refractivity contribution in [1.82, 2.24) is 0 Å². The molecule has 0 bridgehead atoms. The first-order valence-corrected chi connectivity index (χ1v) is 2.65. The zero-order chi connectivity index (χ0) is 6.69. The Hall–Kier alpha value is -1.09. The number of hydrazone groups is 1. The van der Waals surface area contributed by atoms with Gasteiger partial charge in [-0.1, -0.05) is 18.2 Å². The zero-order valence-electron chi connectivity index (χ0n) is 4.86. The van der Waals surface area contributed by atoms with Crippen LogP contribution in [0.1, 0.15) is 0 Å². The minimum Gasteiger partial charge on any atom is -0.383 e. The summed E-state index contributed by atoms with van der Waals surface area (Å²) in [6.45, 7) is 0. The molecule has 0 aromatic carbocycles. The summed E-state index contributed by atoms with van der Waals surface area (Å²) in [5.74, 6) is 4.94. The Balaban J connectivity index is 2.78. The van der Waals surface area contributed by atoms with Gasteiger partial charge in [-0.3, -0.25) is 0 Å². The first-order chi connectivity index (χ1) is 4.34. The molecule has 3 nitrogen and oxygen atoms in total. The molecule has 9 heavy (non-hydrogen) atoms. The SMILES string of the molecule is NN=C1C=CC=CC1O. The number of nitrogens with two attached hydrogens (primary N) is 1. The van der Waals surface area contributed by atoms with Gasteiger partial charge in [0.25, 0.3) is 0 Å². The molecule has 0 spiro atoms. The Morgan fingerprint density at radius 3 is 2.78 bits per heavy atom.